The first-order valence-electron chi connectivity index (χ1n) is 1.39. The van der Waals surface area contributed by atoms with Gasteiger partial charge in [-0.05, 0) is 5.04 Å². The van der Waals surface area contributed by atoms with Gasteiger partial charge in [0, 0.05) is 0 Å². The molecule has 36 valence electrons. The molecule has 3 nitrogen and oxygen atoms in total. The molecular weight excluding hydrogens is 84.0 g/mol. The van der Waals surface area contributed by atoms with Crippen LogP contribution >= 0.6 is 0 Å². The summed E-state index contributed by atoms with van der Waals surface area (Å²) in [4.78, 5) is 8.01. The molecule has 0 saturated carbocycles. The Labute approximate surface area is 36.0 Å². The molecule has 0 aliphatic heterocycles. The summed E-state index contributed by atoms with van der Waals surface area (Å²) in [6, 6.07) is 0. The SMILES string of the molecule is C=COOOC. The molecule has 0 aliphatic rings. The standard InChI is InChI=1S/C3H6O3/c1-3-5-6-4-2/h3H,1H2,2H3. The average molecular weight is 90.1 g/mol. The summed E-state index contributed by atoms with van der Waals surface area (Å²) in [7, 11) is 1.34. The van der Waals surface area contributed by atoms with Crippen molar-refractivity contribution in [2.75, 3.05) is 7.11 Å². The van der Waals surface area contributed by atoms with Crippen LogP contribution in [0.25, 0.3) is 0 Å². The zero-order valence-electron chi connectivity index (χ0n) is 3.51. The Hall–Kier alpha value is -0.540. The summed E-state index contributed by atoms with van der Waals surface area (Å²) in [5, 5.41) is 3.86. The third-order valence-electron chi connectivity index (χ3n) is 0.175. The van der Waals surface area contributed by atoms with Crippen molar-refractivity contribution in [3.8, 4) is 0 Å². The lowest BCUT2D eigenvalue weighted by molar-refractivity contribution is -0.478. The van der Waals surface area contributed by atoms with Crippen LogP contribution in [-0.4, -0.2) is 7.11 Å². The smallest absolute Gasteiger partial charge is 0.125 e. The number of hydrogen-bond donors (Lipinski definition) is 0. The van der Waals surface area contributed by atoms with Crippen LogP contribution in [0.15, 0.2) is 12.8 Å². The van der Waals surface area contributed by atoms with Gasteiger partial charge in [0.1, 0.15) is 6.26 Å². The fourth-order valence-electron chi connectivity index (χ4n) is 0.0671. The molecule has 6 heavy (non-hydrogen) atoms. The van der Waals surface area contributed by atoms with E-state index in [9.17, 15) is 0 Å². The van der Waals surface area contributed by atoms with Gasteiger partial charge in [0.15, 0.2) is 0 Å². The summed E-state index contributed by atoms with van der Waals surface area (Å²) in [6.07, 6.45) is 1.11. The van der Waals surface area contributed by atoms with Gasteiger partial charge in [0.25, 0.3) is 0 Å². The van der Waals surface area contributed by atoms with Crippen molar-refractivity contribution >= 4 is 0 Å². The molecule has 0 heterocycles. The zero-order valence-corrected chi connectivity index (χ0v) is 3.51. The highest BCUT2D eigenvalue weighted by Gasteiger charge is 1.66. The van der Waals surface area contributed by atoms with Crippen molar-refractivity contribution in [1.29, 1.82) is 0 Å². The summed E-state index contributed by atoms with van der Waals surface area (Å²) in [6.45, 7) is 3.17. The predicted molar refractivity (Wildman–Crippen MR) is 19.4 cm³/mol. The Balaban J connectivity index is 2.49. The highest BCUT2D eigenvalue weighted by molar-refractivity contribution is 4.41. The van der Waals surface area contributed by atoms with E-state index in [4.69, 9.17) is 0 Å². The number of rotatable bonds is 3. The van der Waals surface area contributed by atoms with Gasteiger partial charge in [-0.15, -0.1) is 0 Å². The molecule has 0 unspecified atom stereocenters. The number of hydrogen-bond acceptors (Lipinski definition) is 3. The maximum Gasteiger partial charge on any atom is 0.125 e. The molecule has 0 fully saturated rings. The molecule has 0 aromatic carbocycles. The first-order valence-corrected chi connectivity index (χ1v) is 1.39. The lowest BCUT2D eigenvalue weighted by atomic mass is 11.2. The summed E-state index contributed by atoms with van der Waals surface area (Å²) in [5.74, 6) is 0. The van der Waals surface area contributed by atoms with Crippen molar-refractivity contribution in [2.45, 2.75) is 0 Å². The molecule has 0 atom stereocenters. The maximum atomic E-state index is 4.02. The molecule has 0 N–H and O–H groups in total. The Morgan fingerprint density at radius 3 is 2.50 bits per heavy atom. The first kappa shape index (κ1) is 5.46. The molecule has 0 aromatic heterocycles. The molecule has 3 heteroatoms. The molecule has 0 amide bonds. The Morgan fingerprint density at radius 2 is 2.33 bits per heavy atom. The van der Waals surface area contributed by atoms with Gasteiger partial charge >= 0.3 is 0 Å². The molecular formula is C3H6O3. The lowest BCUT2D eigenvalue weighted by Gasteiger charge is -1.88. The predicted octanol–water partition coefficient (Wildman–Crippen LogP) is 0.639. The molecule has 0 aliphatic carbocycles. The van der Waals surface area contributed by atoms with Gasteiger partial charge in [-0.25, -0.2) is 0 Å². The van der Waals surface area contributed by atoms with Crippen LogP contribution in [0.3, 0.4) is 0 Å². The van der Waals surface area contributed by atoms with Crippen molar-refractivity contribution in [3.05, 3.63) is 12.8 Å². The topological polar surface area (TPSA) is 27.7 Å². The van der Waals surface area contributed by atoms with Gasteiger partial charge in [-0.1, -0.05) is 6.58 Å². The zero-order chi connectivity index (χ0) is 4.83. The van der Waals surface area contributed by atoms with Crippen LogP contribution in [0, 0.1) is 0 Å². The van der Waals surface area contributed by atoms with Crippen molar-refractivity contribution in [1.82, 2.24) is 0 Å². The van der Waals surface area contributed by atoms with E-state index in [0.717, 1.165) is 6.26 Å². The van der Waals surface area contributed by atoms with Gasteiger partial charge in [0.05, 0.1) is 7.11 Å². The molecule has 0 rings (SSSR count). The minimum absolute atomic E-state index is 1.11. The Bertz CT molecular complexity index is 35.0. The second-order valence-corrected chi connectivity index (χ2v) is 0.498. The molecule has 0 radical (unpaired) electrons. The fraction of sp³-hybridized carbons (Fsp3) is 0.333. The third kappa shape index (κ3) is 3.46. The highest BCUT2D eigenvalue weighted by atomic mass is 17.5. The van der Waals surface area contributed by atoms with E-state index >= 15 is 0 Å². The van der Waals surface area contributed by atoms with E-state index in [0.29, 0.717) is 0 Å². The van der Waals surface area contributed by atoms with Gasteiger partial charge < -0.3 is 4.89 Å². The van der Waals surface area contributed by atoms with Gasteiger partial charge in [-0.2, -0.15) is 4.89 Å². The van der Waals surface area contributed by atoms with E-state index in [2.05, 4.69) is 21.4 Å². The molecule has 0 aromatic rings. The van der Waals surface area contributed by atoms with Gasteiger partial charge in [0.2, 0.25) is 0 Å². The highest BCUT2D eigenvalue weighted by Crippen LogP contribution is 1.73. The van der Waals surface area contributed by atoms with E-state index in [-0.39, 0.29) is 0 Å². The van der Waals surface area contributed by atoms with E-state index in [1.165, 1.54) is 7.11 Å². The van der Waals surface area contributed by atoms with Crippen LogP contribution in [0.1, 0.15) is 0 Å². The Kier molecular flexibility index (Phi) is 4.06. The van der Waals surface area contributed by atoms with Crippen LogP contribution in [0.5, 0.6) is 0 Å². The summed E-state index contributed by atoms with van der Waals surface area (Å²) >= 11 is 0. The first-order chi connectivity index (χ1) is 2.91. The van der Waals surface area contributed by atoms with Gasteiger partial charge in [-0.3, -0.25) is 0 Å². The average Bonchev–Trinajstić information content (AvgIpc) is 1.61. The summed E-state index contributed by atoms with van der Waals surface area (Å²) < 4.78 is 0. The van der Waals surface area contributed by atoms with Crippen molar-refractivity contribution < 1.29 is 14.8 Å². The molecule has 0 spiro atoms. The quantitative estimate of drug-likeness (QED) is 0.220. The molecule has 0 saturated heterocycles. The third-order valence-corrected chi connectivity index (χ3v) is 0.175. The van der Waals surface area contributed by atoms with Crippen molar-refractivity contribution in [3.63, 3.8) is 0 Å². The van der Waals surface area contributed by atoms with Crippen molar-refractivity contribution in [2.24, 2.45) is 0 Å². The molecule has 0 bridgehead atoms. The van der Waals surface area contributed by atoms with Crippen LogP contribution < -0.4 is 0 Å². The normalized spacial score (nSPS) is 7.50. The monoisotopic (exact) mass is 90.0 g/mol. The second kappa shape index (κ2) is 4.46. The Morgan fingerprint density at radius 1 is 1.67 bits per heavy atom. The van der Waals surface area contributed by atoms with E-state index in [1.807, 2.05) is 0 Å². The minimum atomic E-state index is 1.11. The van der Waals surface area contributed by atoms with E-state index < -0.39 is 0 Å². The van der Waals surface area contributed by atoms with E-state index in [1.54, 1.807) is 0 Å². The maximum absolute atomic E-state index is 4.02. The van der Waals surface area contributed by atoms with Crippen LogP contribution in [0.4, 0.5) is 0 Å². The van der Waals surface area contributed by atoms with Crippen LogP contribution in [0.2, 0.25) is 0 Å². The lowest BCUT2D eigenvalue weighted by Crippen LogP contribution is -1.81. The fourth-order valence-corrected chi connectivity index (χ4v) is 0.0671. The largest absolute Gasteiger partial charge is 0.317 e. The minimum Gasteiger partial charge on any atom is -0.317 e. The second-order valence-electron chi connectivity index (χ2n) is 0.498. The van der Waals surface area contributed by atoms with Crippen LogP contribution in [-0.2, 0) is 14.8 Å². The summed E-state index contributed by atoms with van der Waals surface area (Å²) in [5.41, 5.74) is 0.